The molecule has 21 heavy (non-hydrogen) atoms. The molecular weight excluding hydrogens is 282 g/mol. The Morgan fingerprint density at radius 1 is 1.43 bits per heavy atom. The van der Waals surface area contributed by atoms with Crippen LogP contribution < -0.4 is 5.32 Å². The van der Waals surface area contributed by atoms with Crippen LogP contribution in [0.25, 0.3) is 6.08 Å². The molecule has 1 heterocycles. The molecule has 0 atom stereocenters. The van der Waals surface area contributed by atoms with Gasteiger partial charge in [0.1, 0.15) is 11.6 Å². The van der Waals surface area contributed by atoms with E-state index in [9.17, 15) is 4.79 Å². The Kier molecular flexibility index (Phi) is 5.24. The molecule has 4 nitrogen and oxygen atoms in total. The molecule has 0 radical (unpaired) electrons. The highest BCUT2D eigenvalue weighted by Gasteiger charge is 2.10. The number of nitrogens with zero attached hydrogens (tertiary/aromatic N) is 2. The van der Waals surface area contributed by atoms with Crippen LogP contribution in [0.2, 0.25) is 0 Å². The van der Waals surface area contributed by atoms with E-state index in [2.05, 4.69) is 10.3 Å². The molecule has 1 aromatic carbocycles. The molecule has 0 aliphatic heterocycles. The van der Waals surface area contributed by atoms with E-state index >= 15 is 0 Å². The van der Waals surface area contributed by atoms with Crippen molar-refractivity contribution in [3.63, 3.8) is 0 Å². The molecule has 2 aromatic rings. The van der Waals surface area contributed by atoms with Crippen LogP contribution in [0, 0.1) is 18.3 Å². The van der Waals surface area contributed by atoms with Crippen LogP contribution in [0.5, 0.6) is 0 Å². The van der Waals surface area contributed by atoms with Crippen LogP contribution in [0.4, 0.5) is 0 Å². The molecule has 0 saturated heterocycles. The van der Waals surface area contributed by atoms with Crippen molar-refractivity contribution in [3.8, 4) is 6.07 Å². The predicted octanol–water partition coefficient (Wildman–Crippen LogP) is 2.72. The Balaban J connectivity index is 1.94. The Morgan fingerprint density at radius 2 is 2.19 bits per heavy atom. The first-order chi connectivity index (χ1) is 10.2. The Morgan fingerprint density at radius 3 is 2.81 bits per heavy atom. The Bertz CT molecular complexity index is 683. The van der Waals surface area contributed by atoms with Gasteiger partial charge in [0.05, 0.1) is 16.1 Å². The number of hydrogen-bond acceptors (Lipinski definition) is 4. The topological polar surface area (TPSA) is 65.8 Å². The zero-order valence-corrected chi connectivity index (χ0v) is 12.5. The van der Waals surface area contributed by atoms with Crippen LogP contribution in [-0.4, -0.2) is 17.4 Å². The van der Waals surface area contributed by atoms with E-state index in [1.165, 1.54) is 11.3 Å². The molecular formula is C16H15N3OS. The number of carbonyl (C=O) groups is 1. The van der Waals surface area contributed by atoms with Gasteiger partial charge >= 0.3 is 0 Å². The SMILES string of the molecule is Cc1ncsc1/C=C(/C#N)C(=O)NCCc1ccccc1. The summed E-state index contributed by atoms with van der Waals surface area (Å²) in [6.07, 6.45) is 2.33. The molecule has 0 bridgehead atoms. The van der Waals surface area contributed by atoms with Gasteiger partial charge in [-0.25, -0.2) is 4.98 Å². The minimum Gasteiger partial charge on any atom is -0.351 e. The molecule has 0 unspecified atom stereocenters. The maximum atomic E-state index is 12.0. The van der Waals surface area contributed by atoms with Crippen molar-refractivity contribution in [1.82, 2.24) is 10.3 Å². The molecule has 0 fully saturated rings. The zero-order chi connectivity index (χ0) is 15.1. The summed E-state index contributed by atoms with van der Waals surface area (Å²) >= 11 is 1.41. The first-order valence-electron chi connectivity index (χ1n) is 6.54. The summed E-state index contributed by atoms with van der Waals surface area (Å²) in [5, 5.41) is 11.9. The second-order valence-corrected chi connectivity index (χ2v) is 5.35. The monoisotopic (exact) mass is 297 g/mol. The standard InChI is InChI=1S/C16H15N3OS/c1-12-15(21-11-19-12)9-14(10-17)16(20)18-8-7-13-5-3-2-4-6-13/h2-6,9,11H,7-8H2,1H3,(H,18,20)/b14-9-. The van der Waals surface area contributed by atoms with Crippen LogP contribution in [0.3, 0.4) is 0 Å². The number of benzene rings is 1. The van der Waals surface area contributed by atoms with Gasteiger partial charge in [-0.2, -0.15) is 5.26 Å². The van der Waals surface area contributed by atoms with Crippen LogP contribution in [0.1, 0.15) is 16.1 Å². The van der Waals surface area contributed by atoms with E-state index in [1.807, 2.05) is 43.3 Å². The number of rotatable bonds is 5. The quantitative estimate of drug-likeness (QED) is 0.681. The van der Waals surface area contributed by atoms with Gasteiger partial charge in [0, 0.05) is 6.54 Å². The lowest BCUT2D eigenvalue weighted by Crippen LogP contribution is -2.26. The van der Waals surface area contributed by atoms with E-state index in [1.54, 1.807) is 11.6 Å². The fourth-order valence-corrected chi connectivity index (χ4v) is 2.52. The maximum absolute atomic E-state index is 12.0. The third kappa shape index (κ3) is 4.26. The lowest BCUT2D eigenvalue weighted by Gasteiger charge is -2.04. The van der Waals surface area contributed by atoms with Crippen molar-refractivity contribution in [2.45, 2.75) is 13.3 Å². The van der Waals surface area contributed by atoms with Crippen molar-refractivity contribution >= 4 is 23.3 Å². The van der Waals surface area contributed by atoms with Crippen molar-refractivity contribution < 1.29 is 4.79 Å². The van der Waals surface area contributed by atoms with Crippen molar-refractivity contribution in [1.29, 1.82) is 5.26 Å². The normalized spacial score (nSPS) is 11.0. The highest BCUT2D eigenvalue weighted by molar-refractivity contribution is 7.10. The summed E-state index contributed by atoms with van der Waals surface area (Å²) in [6, 6.07) is 11.8. The lowest BCUT2D eigenvalue weighted by atomic mass is 10.1. The smallest absolute Gasteiger partial charge is 0.261 e. The second-order valence-electron chi connectivity index (χ2n) is 4.46. The fourth-order valence-electron chi connectivity index (χ4n) is 1.79. The van der Waals surface area contributed by atoms with E-state index in [0.717, 1.165) is 22.6 Å². The van der Waals surface area contributed by atoms with Gasteiger partial charge in [0.25, 0.3) is 5.91 Å². The van der Waals surface area contributed by atoms with Gasteiger partial charge in [0.15, 0.2) is 0 Å². The number of aryl methyl sites for hydroxylation is 1. The Labute approximate surface area is 127 Å². The van der Waals surface area contributed by atoms with Crippen LogP contribution in [-0.2, 0) is 11.2 Å². The largest absolute Gasteiger partial charge is 0.351 e. The summed E-state index contributed by atoms with van der Waals surface area (Å²) in [5.74, 6) is -0.346. The molecule has 1 N–H and O–H groups in total. The number of hydrogen-bond donors (Lipinski definition) is 1. The lowest BCUT2D eigenvalue weighted by molar-refractivity contribution is -0.117. The van der Waals surface area contributed by atoms with Gasteiger partial charge in [-0.1, -0.05) is 30.3 Å². The van der Waals surface area contributed by atoms with Crippen molar-refractivity contribution in [2.24, 2.45) is 0 Å². The molecule has 5 heteroatoms. The number of nitrogens with one attached hydrogen (secondary N) is 1. The first-order valence-corrected chi connectivity index (χ1v) is 7.42. The second kappa shape index (κ2) is 7.36. The maximum Gasteiger partial charge on any atom is 0.261 e. The molecule has 1 amide bonds. The van der Waals surface area contributed by atoms with Gasteiger partial charge in [0.2, 0.25) is 0 Å². The molecule has 0 saturated carbocycles. The first kappa shape index (κ1) is 14.9. The summed E-state index contributed by atoms with van der Waals surface area (Å²) < 4.78 is 0. The molecule has 0 aliphatic carbocycles. The minimum atomic E-state index is -0.346. The number of carbonyl (C=O) groups excluding carboxylic acids is 1. The number of thiazole rings is 1. The summed E-state index contributed by atoms with van der Waals surface area (Å²) in [5.41, 5.74) is 3.78. The Hall–Kier alpha value is -2.45. The van der Waals surface area contributed by atoms with Crippen molar-refractivity contribution in [3.05, 3.63) is 57.6 Å². The molecule has 106 valence electrons. The number of amides is 1. The van der Waals surface area contributed by atoms with E-state index in [-0.39, 0.29) is 11.5 Å². The molecule has 0 aliphatic rings. The van der Waals surface area contributed by atoms with E-state index in [4.69, 9.17) is 5.26 Å². The van der Waals surface area contributed by atoms with Crippen LogP contribution in [0.15, 0.2) is 41.4 Å². The third-order valence-corrected chi connectivity index (χ3v) is 3.84. The summed E-state index contributed by atoms with van der Waals surface area (Å²) in [6.45, 7) is 2.36. The average Bonchev–Trinajstić information content (AvgIpc) is 2.91. The number of aromatic nitrogens is 1. The molecule has 0 spiro atoms. The highest BCUT2D eigenvalue weighted by Crippen LogP contribution is 2.16. The van der Waals surface area contributed by atoms with Crippen LogP contribution >= 0.6 is 11.3 Å². The average molecular weight is 297 g/mol. The number of nitriles is 1. The van der Waals surface area contributed by atoms with Gasteiger partial charge in [-0.15, -0.1) is 11.3 Å². The third-order valence-electron chi connectivity index (χ3n) is 2.97. The highest BCUT2D eigenvalue weighted by atomic mass is 32.1. The molecule has 1 aromatic heterocycles. The minimum absolute atomic E-state index is 0.107. The fraction of sp³-hybridized carbons (Fsp3) is 0.188. The van der Waals surface area contributed by atoms with E-state index in [0.29, 0.717) is 6.54 Å². The predicted molar refractivity (Wildman–Crippen MR) is 83.6 cm³/mol. The van der Waals surface area contributed by atoms with E-state index < -0.39 is 0 Å². The molecule has 2 rings (SSSR count). The van der Waals surface area contributed by atoms with Gasteiger partial charge in [-0.3, -0.25) is 4.79 Å². The van der Waals surface area contributed by atoms with Gasteiger partial charge in [-0.05, 0) is 25.0 Å². The summed E-state index contributed by atoms with van der Waals surface area (Å²) in [7, 11) is 0. The summed E-state index contributed by atoms with van der Waals surface area (Å²) in [4.78, 5) is 16.9. The zero-order valence-electron chi connectivity index (χ0n) is 11.7. The van der Waals surface area contributed by atoms with Crippen molar-refractivity contribution in [2.75, 3.05) is 6.54 Å². The van der Waals surface area contributed by atoms with Gasteiger partial charge < -0.3 is 5.32 Å².